The minimum absolute atomic E-state index is 0.127. The molecule has 0 atom stereocenters. The maximum absolute atomic E-state index is 11.9. The Bertz CT molecular complexity index is 524. The lowest BCUT2D eigenvalue weighted by atomic mass is 10.0. The number of fused-ring (bicyclic) bond motifs is 1. The Morgan fingerprint density at radius 3 is 2.83 bits per heavy atom. The van der Waals surface area contributed by atoms with E-state index in [-0.39, 0.29) is 11.7 Å². The number of hydrogen-bond acceptors (Lipinski definition) is 3. The standard InChI is InChI=1S/C13H20N2O2S/c1-10(2)9-18(16,17)15-13-4-3-11-5-6-14-8-12(11)7-13/h3-4,7,10,14-15H,5-6,8-9H2,1-2H3. The molecule has 1 aliphatic rings. The fraction of sp³-hybridized carbons (Fsp3) is 0.538. The van der Waals surface area contributed by atoms with Crippen LogP contribution in [0.1, 0.15) is 25.0 Å². The van der Waals surface area contributed by atoms with Gasteiger partial charge in [-0.25, -0.2) is 8.42 Å². The summed E-state index contributed by atoms with van der Waals surface area (Å²) in [6.07, 6.45) is 1.01. The lowest BCUT2D eigenvalue weighted by molar-refractivity contribution is 0.587. The van der Waals surface area contributed by atoms with Crippen molar-refractivity contribution >= 4 is 15.7 Å². The van der Waals surface area contributed by atoms with E-state index in [4.69, 9.17) is 0 Å². The van der Waals surface area contributed by atoms with Crippen molar-refractivity contribution in [3.63, 3.8) is 0 Å². The smallest absolute Gasteiger partial charge is 0.232 e. The van der Waals surface area contributed by atoms with E-state index in [2.05, 4.69) is 10.0 Å². The molecule has 1 aromatic rings. The van der Waals surface area contributed by atoms with Gasteiger partial charge in [-0.3, -0.25) is 4.72 Å². The summed E-state index contributed by atoms with van der Waals surface area (Å²) >= 11 is 0. The van der Waals surface area contributed by atoms with Crippen molar-refractivity contribution in [3.05, 3.63) is 29.3 Å². The van der Waals surface area contributed by atoms with Crippen molar-refractivity contribution in [3.8, 4) is 0 Å². The molecule has 100 valence electrons. The van der Waals surface area contributed by atoms with E-state index in [9.17, 15) is 8.42 Å². The second kappa shape index (κ2) is 5.28. The molecule has 4 nitrogen and oxygen atoms in total. The molecule has 18 heavy (non-hydrogen) atoms. The van der Waals surface area contributed by atoms with Crippen LogP contribution in [0.3, 0.4) is 0 Å². The van der Waals surface area contributed by atoms with Gasteiger partial charge in [0.2, 0.25) is 10.0 Å². The highest BCUT2D eigenvalue weighted by Gasteiger charge is 2.14. The van der Waals surface area contributed by atoms with Crippen molar-refractivity contribution in [1.82, 2.24) is 5.32 Å². The van der Waals surface area contributed by atoms with Gasteiger partial charge in [0, 0.05) is 12.2 Å². The summed E-state index contributed by atoms with van der Waals surface area (Å²) in [5.41, 5.74) is 3.16. The highest BCUT2D eigenvalue weighted by Crippen LogP contribution is 2.20. The molecule has 0 unspecified atom stereocenters. The summed E-state index contributed by atoms with van der Waals surface area (Å²) in [5, 5.41) is 3.29. The van der Waals surface area contributed by atoms with Gasteiger partial charge in [0.1, 0.15) is 0 Å². The fourth-order valence-corrected chi connectivity index (χ4v) is 3.65. The largest absolute Gasteiger partial charge is 0.312 e. The Kier molecular flexibility index (Phi) is 3.92. The van der Waals surface area contributed by atoms with Crippen molar-refractivity contribution in [2.45, 2.75) is 26.8 Å². The quantitative estimate of drug-likeness (QED) is 0.874. The second-order valence-electron chi connectivity index (χ2n) is 5.19. The van der Waals surface area contributed by atoms with Crippen LogP contribution >= 0.6 is 0 Å². The van der Waals surface area contributed by atoms with E-state index < -0.39 is 10.0 Å². The third-order valence-electron chi connectivity index (χ3n) is 2.92. The molecule has 0 bridgehead atoms. The zero-order valence-corrected chi connectivity index (χ0v) is 11.7. The van der Waals surface area contributed by atoms with Crippen LogP contribution in [0.25, 0.3) is 0 Å². The van der Waals surface area contributed by atoms with Gasteiger partial charge in [0.05, 0.1) is 5.75 Å². The maximum atomic E-state index is 11.9. The minimum atomic E-state index is -3.23. The monoisotopic (exact) mass is 268 g/mol. The Labute approximate surface area is 109 Å². The molecule has 0 aromatic heterocycles. The Morgan fingerprint density at radius 2 is 2.11 bits per heavy atom. The third-order valence-corrected chi connectivity index (χ3v) is 4.57. The number of rotatable bonds is 4. The first-order chi connectivity index (χ1) is 8.46. The minimum Gasteiger partial charge on any atom is -0.312 e. The summed E-state index contributed by atoms with van der Waals surface area (Å²) in [6.45, 7) is 5.60. The van der Waals surface area contributed by atoms with Crippen molar-refractivity contribution in [2.75, 3.05) is 17.0 Å². The molecular weight excluding hydrogens is 248 g/mol. The van der Waals surface area contributed by atoms with Crippen molar-refractivity contribution in [2.24, 2.45) is 5.92 Å². The highest BCUT2D eigenvalue weighted by atomic mass is 32.2. The molecule has 1 heterocycles. The van der Waals surface area contributed by atoms with Crippen LogP contribution in [0.4, 0.5) is 5.69 Å². The summed E-state index contributed by atoms with van der Waals surface area (Å²) in [6, 6.07) is 5.80. The first-order valence-corrected chi connectivity index (χ1v) is 7.94. The van der Waals surface area contributed by atoms with Gasteiger partial charge in [-0.15, -0.1) is 0 Å². The number of benzene rings is 1. The van der Waals surface area contributed by atoms with Crippen LogP contribution in [0, 0.1) is 5.92 Å². The molecule has 0 saturated carbocycles. The van der Waals surface area contributed by atoms with E-state index in [1.165, 1.54) is 11.1 Å². The molecule has 1 aliphatic heterocycles. The lowest BCUT2D eigenvalue weighted by Crippen LogP contribution is -2.24. The van der Waals surface area contributed by atoms with Crippen LogP contribution in [0.2, 0.25) is 0 Å². The van der Waals surface area contributed by atoms with E-state index in [0.29, 0.717) is 5.69 Å². The SMILES string of the molecule is CC(C)CS(=O)(=O)Nc1ccc2c(c1)CNCC2. The third kappa shape index (κ3) is 3.46. The van der Waals surface area contributed by atoms with Crippen molar-refractivity contribution in [1.29, 1.82) is 0 Å². The van der Waals surface area contributed by atoms with E-state index in [0.717, 1.165) is 19.5 Å². The number of anilines is 1. The molecule has 2 rings (SSSR count). The van der Waals surface area contributed by atoms with E-state index >= 15 is 0 Å². The lowest BCUT2D eigenvalue weighted by Gasteiger charge is -2.18. The van der Waals surface area contributed by atoms with Gasteiger partial charge >= 0.3 is 0 Å². The molecule has 2 N–H and O–H groups in total. The maximum Gasteiger partial charge on any atom is 0.232 e. The number of sulfonamides is 1. The molecule has 0 amide bonds. The molecule has 0 saturated heterocycles. The zero-order valence-electron chi connectivity index (χ0n) is 10.9. The van der Waals surface area contributed by atoms with Crippen LogP contribution < -0.4 is 10.0 Å². The van der Waals surface area contributed by atoms with Crippen LogP contribution in [-0.2, 0) is 23.0 Å². The second-order valence-corrected chi connectivity index (χ2v) is 6.95. The summed E-state index contributed by atoms with van der Waals surface area (Å²) in [7, 11) is -3.23. The van der Waals surface area contributed by atoms with Gasteiger partial charge < -0.3 is 5.32 Å². The van der Waals surface area contributed by atoms with Crippen LogP contribution in [0.15, 0.2) is 18.2 Å². The predicted octanol–water partition coefficient (Wildman–Crippen LogP) is 1.73. The zero-order chi connectivity index (χ0) is 13.2. The molecule has 0 aliphatic carbocycles. The summed E-state index contributed by atoms with van der Waals surface area (Å²) in [5.74, 6) is 0.282. The van der Waals surface area contributed by atoms with Gasteiger partial charge in [-0.05, 0) is 42.1 Å². The topological polar surface area (TPSA) is 58.2 Å². The Hall–Kier alpha value is -1.07. The van der Waals surface area contributed by atoms with Crippen LogP contribution in [-0.4, -0.2) is 20.7 Å². The molecule has 0 radical (unpaired) electrons. The summed E-state index contributed by atoms with van der Waals surface area (Å²) < 4.78 is 26.3. The van der Waals surface area contributed by atoms with Gasteiger partial charge in [0.25, 0.3) is 0 Å². The van der Waals surface area contributed by atoms with Crippen molar-refractivity contribution < 1.29 is 8.42 Å². The average molecular weight is 268 g/mol. The normalized spacial score (nSPS) is 15.5. The first kappa shape index (κ1) is 13.4. The predicted molar refractivity (Wildman–Crippen MR) is 74.1 cm³/mol. The Balaban J connectivity index is 2.15. The van der Waals surface area contributed by atoms with Crippen LogP contribution in [0.5, 0.6) is 0 Å². The highest BCUT2D eigenvalue weighted by molar-refractivity contribution is 7.92. The number of hydrogen-bond donors (Lipinski definition) is 2. The molecular formula is C13H20N2O2S. The molecule has 5 heteroatoms. The fourth-order valence-electron chi connectivity index (χ4n) is 2.20. The Morgan fingerprint density at radius 1 is 1.33 bits per heavy atom. The average Bonchev–Trinajstić information content (AvgIpc) is 2.26. The number of nitrogens with one attached hydrogen (secondary N) is 2. The van der Waals surface area contributed by atoms with E-state index in [1.807, 2.05) is 32.0 Å². The van der Waals surface area contributed by atoms with E-state index in [1.54, 1.807) is 0 Å². The first-order valence-electron chi connectivity index (χ1n) is 6.29. The molecule has 0 spiro atoms. The van der Waals surface area contributed by atoms with Gasteiger partial charge in [-0.1, -0.05) is 19.9 Å². The molecule has 1 aromatic carbocycles. The van der Waals surface area contributed by atoms with Gasteiger partial charge in [-0.2, -0.15) is 0 Å². The van der Waals surface area contributed by atoms with Gasteiger partial charge in [0.15, 0.2) is 0 Å². The summed E-state index contributed by atoms with van der Waals surface area (Å²) in [4.78, 5) is 0. The molecule has 0 fully saturated rings.